The Morgan fingerprint density at radius 2 is 1.73 bits per heavy atom. The molecule has 2 aromatic rings. The summed E-state index contributed by atoms with van der Waals surface area (Å²) in [6, 6.07) is 10.2. The lowest BCUT2D eigenvalue weighted by Gasteiger charge is -2.06. The SMILES string of the molecule is [NH]S(=O)(=O)c1c(N)ccc2ccccc12. The van der Waals surface area contributed by atoms with Crippen LogP contribution >= 0.6 is 0 Å². The molecular formula is C10H9N2O2S. The molecule has 1 radical (unpaired) electrons. The molecule has 2 aromatic carbocycles. The molecule has 0 aliphatic carbocycles. The van der Waals surface area contributed by atoms with Crippen LogP contribution in [0.4, 0.5) is 5.69 Å². The summed E-state index contributed by atoms with van der Waals surface area (Å²) in [6.45, 7) is 0. The zero-order chi connectivity index (χ0) is 11.1. The first-order valence-corrected chi connectivity index (χ1v) is 5.75. The third-order valence-corrected chi connectivity index (χ3v) is 3.17. The molecule has 0 amide bonds. The van der Waals surface area contributed by atoms with Gasteiger partial charge in [0.25, 0.3) is 10.0 Å². The molecule has 0 heterocycles. The van der Waals surface area contributed by atoms with Gasteiger partial charge in [0.1, 0.15) is 4.90 Å². The number of nitrogen functional groups attached to an aromatic ring is 1. The minimum Gasteiger partial charge on any atom is -0.398 e. The third-order valence-electron chi connectivity index (χ3n) is 2.18. The van der Waals surface area contributed by atoms with Gasteiger partial charge in [-0.2, -0.15) is 0 Å². The molecule has 0 saturated heterocycles. The maximum absolute atomic E-state index is 11.3. The van der Waals surface area contributed by atoms with E-state index < -0.39 is 10.0 Å². The molecule has 0 aliphatic heterocycles. The average molecular weight is 221 g/mol. The van der Waals surface area contributed by atoms with Crippen LogP contribution in [0.1, 0.15) is 0 Å². The number of anilines is 1. The van der Waals surface area contributed by atoms with Gasteiger partial charge in [0.05, 0.1) is 5.69 Å². The molecule has 0 bridgehead atoms. The third kappa shape index (κ3) is 1.67. The monoisotopic (exact) mass is 221 g/mol. The second kappa shape index (κ2) is 3.22. The first kappa shape index (κ1) is 9.95. The molecule has 4 nitrogen and oxygen atoms in total. The first-order valence-electron chi connectivity index (χ1n) is 4.27. The number of fused-ring (bicyclic) bond motifs is 1. The Morgan fingerprint density at radius 1 is 1.07 bits per heavy atom. The zero-order valence-corrected chi connectivity index (χ0v) is 8.58. The number of rotatable bonds is 1. The Hall–Kier alpha value is -1.59. The molecule has 0 unspecified atom stereocenters. The molecule has 15 heavy (non-hydrogen) atoms. The summed E-state index contributed by atoms with van der Waals surface area (Å²) >= 11 is 0. The van der Waals surface area contributed by atoms with Crippen LogP contribution in [0.25, 0.3) is 10.8 Å². The zero-order valence-electron chi connectivity index (χ0n) is 7.77. The predicted octanol–water partition coefficient (Wildman–Crippen LogP) is 1.39. The predicted molar refractivity (Wildman–Crippen MR) is 58.6 cm³/mol. The topological polar surface area (TPSA) is 84.0 Å². The summed E-state index contributed by atoms with van der Waals surface area (Å²) in [5, 5.41) is 8.34. The van der Waals surface area contributed by atoms with Crippen molar-refractivity contribution in [3.05, 3.63) is 36.4 Å². The van der Waals surface area contributed by atoms with Crippen LogP contribution in [0.3, 0.4) is 0 Å². The van der Waals surface area contributed by atoms with Crippen molar-refractivity contribution in [2.45, 2.75) is 4.90 Å². The van der Waals surface area contributed by atoms with Crippen LogP contribution in [-0.4, -0.2) is 8.42 Å². The van der Waals surface area contributed by atoms with E-state index in [0.29, 0.717) is 5.39 Å². The highest BCUT2D eigenvalue weighted by molar-refractivity contribution is 7.89. The number of hydrogen-bond donors (Lipinski definition) is 1. The van der Waals surface area contributed by atoms with Crippen molar-refractivity contribution in [2.75, 3.05) is 5.73 Å². The number of nitrogens with one attached hydrogen (secondary N) is 1. The van der Waals surface area contributed by atoms with E-state index >= 15 is 0 Å². The van der Waals surface area contributed by atoms with Gasteiger partial charge in [-0.1, -0.05) is 30.3 Å². The summed E-state index contributed by atoms with van der Waals surface area (Å²) in [7, 11) is -4.04. The summed E-state index contributed by atoms with van der Waals surface area (Å²) < 4.78 is 22.5. The van der Waals surface area contributed by atoms with E-state index in [1.807, 2.05) is 0 Å². The molecule has 0 fully saturated rings. The Labute approximate surface area is 87.6 Å². The van der Waals surface area contributed by atoms with Gasteiger partial charge in [0, 0.05) is 5.39 Å². The van der Waals surface area contributed by atoms with Crippen molar-refractivity contribution in [1.82, 2.24) is 5.14 Å². The lowest BCUT2D eigenvalue weighted by molar-refractivity contribution is 0.597. The average Bonchev–Trinajstić information content (AvgIpc) is 2.15. The van der Waals surface area contributed by atoms with Gasteiger partial charge >= 0.3 is 0 Å². The molecule has 0 aromatic heterocycles. The summed E-state index contributed by atoms with van der Waals surface area (Å²) in [5.41, 5.74) is 5.69. The molecule has 0 spiro atoms. The van der Waals surface area contributed by atoms with Crippen molar-refractivity contribution in [1.29, 1.82) is 0 Å². The summed E-state index contributed by atoms with van der Waals surface area (Å²) in [5.74, 6) is 0. The second-order valence-electron chi connectivity index (χ2n) is 3.21. The maximum Gasteiger partial charge on any atom is 0.256 e. The Balaban J connectivity index is 2.99. The van der Waals surface area contributed by atoms with E-state index in [2.05, 4.69) is 0 Å². The van der Waals surface area contributed by atoms with Gasteiger partial charge in [-0.05, 0) is 11.5 Å². The van der Waals surface area contributed by atoms with Gasteiger partial charge in [-0.15, -0.1) is 5.14 Å². The Bertz CT molecular complexity index is 620. The summed E-state index contributed by atoms with van der Waals surface area (Å²) in [6.07, 6.45) is 0. The second-order valence-corrected chi connectivity index (χ2v) is 4.62. The van der Waals surface area contributed by atoms with Crippen LogP contribution in [0.15, 0.2) is 41.3 Å². The quantitative estimate of drug-likeness (QED) is 0.738. The maximum atomic E-state index is 11.3. The lowest BCUT2D eigenvalue weighted by atomic mass is 10.1. The fourth-order valence-corrected chi connectivity index (χ4v) is 2.41. The van der Waals surface area contributed by atoms with E-state index in [1.165, 1.54) is 6.07 Å². The molecule has 2 rings (SSSR count). The van der Waals surface area contributed by atoms with Crippen molar-refractivity contribution in [3.63, 3.8) is 0 Å². The lowest BCUT2D eigenvalue weighted by Crippen LogP contribution is -2.05. The Kier molecular flexibility index (Phi) is 2.13. The van der Waals surface area contributed by atoms with Crippen molar-refractivity contribution in [2.24, 2.45) is 0 Å². The number of sulfonamides is 1. The molecule has 0 aliphatic rings. The minimum absolute atomic E-state index is 0.111. The van der Waals surface area contributed by atoms with Gasteiger partial charge in [0.15, 0.2) is 0 Å². The highest BCUT2D eigenvalue weighted by Gasteiger charge is 2.16. The Morgan fingerprint density at radius 3 is 2.40 bits per heavy atom. The fourth-order valence-electron chi connectivity index (χ4n) is 1.56. The largest absolute Gasteiger partial charge is 0.398 e. The smallest absolute Gasteiger partial charge is 0.256 e. The van der Waals surface area contributed by atoms with E-state index in [4.69, 9.17) is 10.9 Å². The highest BCUT2D eigenvalue weighted by atomic mass is 32.2. The van der Waals surface area contributed by atoms with Gasteiger partial charge in [-0.25, -0.2) is 8.42 Å². The normalized spacial score (nSPS) is 11.8. The molecule has 0 saturated carbocycles. The number of benzene rings is 2. The summed E-state index contributed by atoms with van der Waals surface area (Å²) in [4.78, 5) is -0.111. The van der Waals surface area contributed by atoms with E-state index in [9.17, 15) is 8.42 Å². The van der Waals surface area contributed by atoms with Crippen LogP contribution in [0, 0.1) is 0 Å². The minimum atomic E-state index is -4.04. The molecule has 3 N–H and O–H groups in total. The van der Waals surface area contributed by atoms with Crippen LogP contribution < -0.4 is 10.9 Å². The molecule has 77 valence electrons. The van der Waals surface area contributed by atoms with Gasteiger partial charge < -0.3 is 5.73 Å². The highest BCUT2D eigenvalue weighted by Crippen LogP contribution is 2.27. The molecular weight excluding hydrogens is 212 g/mol. The number of hydrogen-bond acceptors (Lipinski definition) is 3. The van der Waals surface area contributed by atoms with Crippen LogP contribution in [-0.2, 0) is 10.0 Å². The van der Waals surface area contributed by atoms with E-state index in [1.54, 1.807) is 30.3 Å². The van der Waals surface area contributed by atoms with Crippen LogP contribution in [0.5, 0.6) is 0 Å². The standard InChI is InChI=1S/C10H9N2O2S/c11-9-6-5-7-3-1-2-4-8(7)10(9)15(12,13)14/h1-6,12H,11H2. The molecule has 5 heteroatoms. The molecule has 0 atom stereocenters. The van der Waals surface area contributed by atoms with E-state index in [-0.39, 0.29) is 10.6 Å². The van der Waals surface area contributed by atoms with E-state index in [0.717, 1.165) is 5.39 Å². The first-order chi connectivity index (χ1) is 7.00. The fraction of sp³-hybridized carbons (Fsp3) is 0. The van der Waals surface area contributed by atoms with Gasteiger partial charge in [-0.3, -0.25) is 0 Å². The van der Waals surface area contributed by atoms with Crippen molar-refractivity contribution in [3.8, 4) is 0 Å². The van der Waals surface area contributed by atoms with Crippen molar-refractivity contribution < 1.29 is 8.42 Å². The number of nitrogens with two attached hydrogens (primary N) is 1. The van der Waals surface area contributed by atoms with Crippen LogP contribution in [0.2, 0.25) is 0 Å². The van der Waals surface area contributed by atoms with Crippen molar-refractivity contribution >= 4 is 26.5 Å². The van der Waals surface area contributed by atoms with Gasteiger partial charge in [0.2, 0.25) is 0 Å².